The first-order chi connectivity index (χ1) is 11.6. The first-order valence-electron chi connectivity index (χ1n) is 7.86. The lowest BCUT2D eigenvalue weighted by molar-refractivity contribution is -0.143. The molecule has 0 saturated carbocycles. The fraction of sp³-hybridized carbons (Fsp3) is 0.444. The second-order valence-corrected chi connectivity index (χ2v) is 4.98. The molecule has 0 N–H and O–H groups in total. The van der Waals surface area contributed by atoms with Gasteiger partial charge in [-0.1, -0.05) is 12.1 Å². The summed E-state index contributed by atoms with van der Waals surface area (Å²) in [5.74, 6) is 0.229. The molecule has 0 fully saturated rings. The highest BCUT2D eigenvalue weighted by Crippen LogP contribution is 2.13. The van der Waals surface area contributed by atoms with Crippen LogP contribution in [0.2, 0.25) is 0 Å². The number of hydrogen-bond acceptors (Lipinski definition) is 5. The van der Waals surface area contributed by atoms with Gasteiger partial charge in [-0.3, -0.25) is 9.59 Å². The number of nitrogens with zero attached hydrogens (tertiary/aromatic N) is 1. The van der Waals surface area contributed by atoms with Crippen LogP contribution < -0.4 is 4.74 Å². The Morgan fingerprint density at radius 2 is 2.00 bits per heavy atom. The van der Waals surface area contributed by atoms with E-state index >= 15 is 0 Å². The maximum Gasteiger partial charge on any atom is 0.307 e. The summed E-state index contributed by atoms with van der Waals surface area (Å²) in [6.45, 7) is 3.20. The highest BCUT2D eigenvalue weighted by Gasteiger charge is 2.13. The molecule has 0 radical (unpaired) electrons. The summed E-state index contributed by atoms with van der Waals surface area (Å²) < 4.78 is 15.1. The third kappa shape index (κ3) is 7.28. The molecule has 0 bridgehead atoms. The van der Waals surface area contributed by atoms with Crippen LogP contribution in [0.4, 0.5) is 0 Å². The molecular formula is C18H25NO5. The Kier molecular flexibility index (Phi) is 9.23. The molecule has 0 unspecified atom stereocenters. The minimum atomic E-state index is -0.315. The van der Waals surface area contributed by atoms with Gasteiger partial charge >= 0.3 is 5.97 Å². The average Bonchev–Trinajstić information content (AvgIpc) is 2.60. The monoisotopic (exact) mass is 335 g/mol. The second-order valence-electron chi connectivity index (χ2n) is 4.98. The third-order valence-electron chi connectivity index (χ3n) is 3.28. The maximum atomic E-state index is 12.3. The Morgan fingerprint density at radius 3 is 2.67 bits per heavy atom. The van der Waals surface area contributed by atoms with E-state index < -0.39 is 0 Å². The van der Waals surface area contributed by atoms with E-state index in [4.69, 9.17) is 14.2 Å². The zero-order valence-electron chi connectivity index (χ0n) is 14.5. The van der Waals surface area contributed by atoms with Crippen LogP contribution in [0.5, 0.6) is 5.75 Å². The molecule has 1 rings (SSSR count). The summed E-state index contributed by atoms with van der Waals surface area (Å²) in [6, 6.07) is 7.40. The average molecular weight is 335 g/mol. The molecule has 1 aromatic rings. The van der Waals surface area contributed by atoms with E-state index in [1.165, 1.54) is 6.08 Å². The van der Waals surface area contributed by atoms with Crippen LogP contribution in [0.15, 0.2) is 30.3 Å². The van der Waals surface area contributed by atoms with Crippen molar-refractivity contribution in [3.05, 3.63) is 35.9 Å². The highest BCUT2D eigenvalue weighted by atomic mass is 16.5. The molecule has 0 aromatic heterocycles. The Labute approximate surface area is 143 Å². The van der Waals surface area contributed by atoms with Crippen LogP contribution in [0.3, 0.4) is 0 Å². The lowest BCUT2D eigenvalue weighted by Gasteiger charge is -2.20. The molecule has 0 aliphatic carbocycles. The molecule has 1 amide bonds. The quantitative estimate of drug-likeness (QED) is 0.484. The first-order valence-corrected chi connectivity index (χ1v) is 7.86. The van der Waals surface area contributed by atoms with Crippen molar-refractivity contribution >= 4 is 18.0 Å². The number of carbonyl (C=O) groups excluding carboxylic acids is 2. The van der Waals surface area contributed by atoms with Gasteiger partial charge in [-0.05, 0) is 30.7 Å². The van der Waals surface area contributed by atoms with Crippen LogP contribution in [-0.4, -0.2) is 57.3 Å². The summed E-state index contributed by atoms with van der Waals surface area (Å²) in [7, 11) is 3.16. The number of ether oxygens (including phenoxy) is 3. The second kappa shape index (κ2) is 11.2. The number of hydrogen-bond donors (Lipinski definition) is 0. The topological polar surface area (TPSA) is 65.1 Å². The predicted molar refractivity (Wildman–Crippen MR) is 91.7 cm³/mol. The van der Waals surface area contributed by atoms with E-state index in [9.17, 15) is 9.59 Å². The van der Waals surface area contributed by atoms with Crippen LogP contribution >= 0.6 is 0 Å². The number of rotatable bonds is 10. The molecular weight excluding hydrogens is 310 g/mol. The van der Waals surface area contributed by atoms with Crippen LogP contribution in [0.1, 0.15) is 18.9 Å². The van der Waals surface area contributed by atoms with Crippen molar-refractivity contribution in [1.82, 2.24) is 4.90 Å². The number of benzene rings is 1. The fourth-order valence-corrected chi connectivity index (χ4v) is 2.01. The summed E-state index contributed by atoms with van der Waals surface area (Å²) in [4.78, 5) is 25.4. The number of esters is 1. The summed E-state index contributed by atoms with van der Waals surface area (Å²) in [5.41, 5.74) is 0.861. The Hall–Kier alpha value is -2.34. The highest BCUT2D eigenvalue weighted by molar-refractivity contribution is 5.92. The third-order valence-corrected chi connectivity index (χ3v) is 3.28. The van der Waals surface area contributed by atoms with Gasteiger partial charge in [0.1, 0.15) is 5.75 Å². The van der Waals surface area contributed by atoms with E-state index in [-0.39, 0.29) is 18.3 Å². The Morgan fingerprint density at radius 1 is 1.21 bits per heavy atom. The van der Waals surface area contributed by atoms with Crippen LogP contribution in [0.25, 0.3) is 6.08 Å². The smallest absolute Gasteiger partial charge is 0.307 e. The van der Waals surface area contributed by atoms with Crippen molar-refractivity contribution in [2.45, 2.75) is 13.3 Å². The fourth-order valence-electron chi connectivity index (χ4n) is 2.01. The van der Waals surface area contributed by atoms with Crippen molar-refractivity contribution in [2.24, 2.45) is 0 Å². The number of carbonyl (C=O) groups is 2. The standard InChI is InChI=1S/C18H25NO5/c1-4-24-18(21)10-11-19(12-13-22-2)17(20)9-8-15-6-5-7-16(14-15)23-3/h5-9,14H,4,10-13H2,1-3H3/b9-8+. The Bertz CT molecular complexity index is 556. The van der Waals surface area contributed by atoms with Crippen molar-refractivity contribution in [1.29, 1.82) is 0 Å². The lowest BCUT2D eigenvalue weighted by Crippen LogP contribution is -2.34. The molecule has 0 aliphatic heterocycles. The van der Waals surface area contributed by atoms with Gasteiger partial charge < -0.3 is 19.1 Å². The largest absolute Gasteiger partial charge is 0.497 e. The van der Waals surface area contributed by atoms with Crippen molar-refractivity contribution in [2.75, 3.05) is 40.5 Å². The molecule has 24 heavy (non-hydrogen) atoms. The zero-order valence-corrected chi connectivity index (χ0v) is 14.5. The summed E-state index contributed by atoms with van der Waals surface area (Å²) in [6.07, 6.45) is 3.36. The SMILES string of the molecule is CCOC(=O)CCN(CCOC)C(=O)/C=C/c1cccc(OC)c1. The molecule has 6 nitrogen and oxygen atoms in total. The van der Waals surface area contributed by atoms with Gasteiger partial charge in [0.25, 0.3) is 0 Å². The van der Waals surface area contributed by atoms with E-state index in [0.29, 0.717) is 26.3 Å². The van der Waals surface area contributed by atoms with Crippen molar-refractivity contribution < 1.29 is 23.8 Å². The molecule has 0 saturated heterocycles. The molecule has 0 aliphatic rings. The summed E-state index contributed by atoms with van der Waals surface area (Å²) in [5, 5.41) is 0. The zero-order chi connectivity index (χ0) is 17.8. The van der Waals surface area contributed by atoms with Crippen LogP contribution in [-0.2, 0) is 19.1 Å². The minimum Gasteiger partial charge on any atom is -0.497 e. The molecule has 0 atom stereocenters. The van der Waals surface area contributed by atoms with Gasteiger partial charge in [-0.2, -0.15) is 0 Å². The molecule has 1 aromatic carbocycles. The van der Waals surface area contributed by atoms with Gasteiger partial charge in [0.2, 0.25) is 5.91 Å². The van der Waals surface area contributed by atoms with E-state index in [2.05, 4.69) is 0 Å². The van der Waals surface area contributed by atoms with Gasteiger partial charge in [0, 0.05) is 26.3 Å². The summed E-state index contributed by atoms with van der Waals surface area (Å²) >= 11 is 0. The van der Waals surface area contributed by atoms with Crippen LogP contribution in [0, 0.1) is 0 Å². The Balaban J connectivity index is 2.68. The van der Waals surface area contributed by atoms with E-state index in [1.807, 2.05) is 24.3 Å². The van der Waals surface area contributed by atoms with E-state index in [1.54, 1.807) is 32.1 Å². The molecule has 6 heteroatoms. The molecule has 0 spiro atoms. The number of amides is 1. The predicted octanol–water partition coefficient (Wildman–Crippen LogP) is 2.14. The van der Waals surface area contributed by atoms with Gasteiger partial charge in [0.05, 0.1) is 26.7 Å². The molecule has 0 heterocycles. The molecule has 132 valence electrons. The van der Waals surface area contributed by atoms with Gasteiger partial charge in [0.15, 0.2) is 0 Å². The minimum absolute atomic E-state index is 0.163. The van der Waals surface area contributed by atoms with Crippen molar-refractivity contribution in [3.8, 4) is 5.75 Å². The first kappa shape index (κ1) is 19.7. The van der Waals surface area contributed by atoms with Gasteiger partial charge in [-0.25, -0.2) is 0 Å². The van der Waals surface area contributed by atoms with Crippen molar-refractivity contribution in [3.63, 3.8) is 0 Å². The normalized spacial score (nSPS) is 10.6. The van der Waals surface area contributed by atoms with E-state index in [0.717, 1.165) is 11.3 Å². The lowest BCUT2D eigenvalue weighted by atomic mass is 10.2. The number of methoxy groups -OCH3 is 2. The maximum absolute atomic E-state index is 12.3. The van der Waals surface area contributed by atoms with Gasteiger partial charge in [-0.15, -0.1) is 0 Å².